The van der Waals surface area contributed by atoms with E-state index in [1.807, 2.05) is 54.6 Å². The Kier molecular flexibility index (Phi) is 4.40. The maximum absolute atomic E-state index is 5.85. The van der Waals surface area contributed by atoms with E-state index in [4.69, 9.17) is 9.47 Å². The van der Waals surface area contributed by atoms with E-state index in [0.717, 1.165) is 28.2 Å². The predicted molar refractivity (Wildman–Crippen MR) is 89.2 cm³/mol. The van der Waals surface area contributed by atoms with E-state index in [0.29, 0.717) is 6.61 Å². The van der Waals surface area contributed by atoms with Gasteiger partial charge >= 0.3 is 0 Å². The third kappa shape index (κ3) is 3.29. The topological polar surface area (TPSA) is 18.5 Å². The third-order valence-corrected chi connectivity index (χ3v) is 3.51. The minimum Gasteiger partial charge on any atom is -0.496 e. The minimum atomic E-state index is 0.550. The zero-order valence-electron chi connectivity index (χ0n) is 12.5. The fraction of sp³-hybridized carbons (Fsp3) is 0.100. The Morgan fingerprint density at radius 1 is 0.773 bits per heavy atom. The molecule has 0 spiro atoms. The van der Waals surface area contributed by atoms with Crippen molar-refractivity contribution in [3.63, 3.8) is 0 Å². The van der Waals surface area contributed by atoms with E-state index in [1.54, 1.807) is 7.11 Å². The van der Waals surface area contributed by atoms with Gasteiger partial charge in [0.1, 0.15) is 18.1 Å². The summed E-state index contributed by atoms with van der Waals surface area (Å²) in [5.41, 5.74) is 3.35. The summed E-state index contributed by atoms with van der Waals surface area (Å²) in [5, 5.41) is 0. The van der Waals surface area contributed by atoms with Crippen molar-refractivity contribution in [2.75, 3.05) is 7.11 Å². The second-order valence-corrected chi connectivity index (χ2v) is 5.00. The summed E-state index contributed by atoms with van der Waals surface area (Å²) in [6.07, 6.45) is 0. The molecule has 0 atom stereocenters. The molecule has 0 aliphatic carbocycles. The van der Waals surface area contributed by atoms with Gasteiger partial charge in [0, 0.05) is 11.6 Å². The monoisotopic (exact) mass is 290 g/mol. The normalized spacial score (nSPS) is 10.2. The number of methoxy groups -OCH3 is 1. The molecular weight excluding hydrogens is 272 g/mol. The first-order valence-electron chi connectivity index (χ1n) is 7.27. The molecule has 22 heavy (non-hydrogen) atoms. The summed E-state index contributed by atoms with van der Waals surface area (Å²) in [4.78, 5) is 0. The van der Waals surface area contributed by atoms with Crippen LogP contribution in [-0.4, -0.2) is 7.11 Å². The molecule has 0 heterocycles. The Labute approximate surface area is 131 Å². The molecule has 0 fully saturated rings. The molecule has 3 aromatic carbocycles. The number of hydrogen-bond acceptors (Lipinski definition) is 2. The van der Waals surface area contributed by atoms with E-state index < -0.39 is 0 Å². The van der Waals surface area contributed by atoms with Crippen LogP contribution in [0, 0.1) is 0 Å². The van der Waals surface area contributed by atoms with Crippen molar-refractivity contribution in [2.45, 2.75) is 6.61 Å². The average molecular weight is 290 g/mol. The Bertz CT molecular complexity index is 721. The molecule has 0 unspecified atom stereocenters. The molecule has 0 saturated heterocycles. The summed E-state index contributed by atoms with van der Waals surface area (Å²) < 4.78 is 11.4. The van der Waals surface area contributed by atoms with Gasteiger partial charge in [-0.25, -0.2) is 0 Å². The van der Waals surface area contributed by atoms with Crippen LogP contribution < -0.4 is 9.47 Å². The third-order valence-electron chi connectivity index (χ3n) is 3.51. The fourth-order valence-electron chi connectivity index (χ4n) is 2.36. The number of benzene rings is 3. The van der Waals surface area contributed by atoms with Crippen LogP contribution in [0.1, 0.15) is 5.56 Å². The number of rotatable bonds is 5. The quantitative estimate of drug-likeness (QED) is 0.662. The van der Waals surface area contributed by atoms with Crippen molar-refractivity contribution in [3.05, 3.63) is 84.4 Å². The van der Waals surface area contributed by atoms with E-state index in [9.17, 15) is 0 Å². The summed E-state index contributed by atoms with van der Waals surface area (Å²) in [6, 6.07) is 26.3. The van der Waals surface area contributed by atoms with Gasteiger partial charge in [0.05, 0.1) is 7.11 Å². The van der Waals surface area contributed by atoms with Crippen LogP contribution >= 0.6 is 0 Å². The summed E-state index contributed by atoms with van der Waals surface area (Å²) >= 11 is 0. The fourth-order valence-corrected chi connectivity index (χ4v) is 2.36. The number of hydrogen-bond donors (Lipinski definition) is 0. The largest absolute Gasteiger partial charge is 0.496 e. The van der Waals surface area contributed by atoms with Crippen LogP contribution in [0.15, 0.2) is 78.9 Å². The first kappa shape index (κ1) is 14.2. The van der Waals surface area contributed by atoms with E-state index >= 15 is 0 Å². The molecule has 2 nitrogen and oxygen atoms in total. The maximum Gasteiger partial charge on any atom is 0.130 e. The van der Waals surface area contributed by atoms with Gasteiger partial charge in [-0.1, -0.05) is 60.7 Å². The SMILES string of the molecule is COc1cc(OCc2ccccc2)ccc1-c1ccccc1. The van der Waals surface area contributed by atoms with Gasteiger partial charge in [-0.3, -0.25) is 0 Å². The Morgan fingerprint density at radius 3 is 2.14 bits per heavy atom. The zero-order valence-corrected chi connectivity index (χ0v) is 12.5. The first-order chi connectivity index (χ1) is 10.9. The first-order valence-corrected chi connectivity index (χ1v) is 7.27. The summed E-state index contributed by atoms with van der Waals surface area (Å²) in [5.74, 6) is 1.62. The lowest BCUT2D eigenvalue weighted by molar-refractivity contribution is 0.304. The highest BCUT2D eigenvalue weighted by Gasteiger charge is 2.07. The standard InChI is InChI=1S/C20H18O2/c1-21-20-14-18(22-15-16-8-4-2-5-9-16)12-13-19(20)17-10-6-3-7-11-17/h2-14H,15H2,1H3. The van der Waals surface area contributed by atoms with Crippen molar-refractivity contribution in [1.29, 1.82) is 0 Å². The van der Waals surface area contributed by atoms with Gasteiger partial charge in [0.25, 0.3) is 0 Å². The van der Waals surface area contributed by atoms with Crippen molar-refractivity contribution < 1.29 is 9.47 Å². The van der Waals surface area contributed by atoms with Gasteiger partial charge in [0.15, 0.2) is 0 Å². The molecule has 0 radical (unpaired) electrons. The highest BCUT2D eigenvalue weighted by molar-refractivity contribution is 5.71. The van der Waals surface area contributed by atoms with Gasteiger partial charge < -0.3 is 9.47 Å². The Morgan fingerprint density at radius 2 is 1.45 bits per heavy atom. The van der Waals surface area contributed by atoms with Crippen LogP contribution in [0.5, 0.6) is 11.5 Å². The summed E-state index contributed by atoms with van der Waals surface area (Å²) in [7, 11) is 1.68. The van der Waals surface area contributed by atoms with E-state index in [-0.39, 0.29) is 0 Å². The second kappa shape index (κ2) is 6.81. The van der Waals surface area contributed by atoms with Gasteiger partial charge in [0.2, 0.25) is 0 Å². The number of ether oxygens (including phenoxy) is 2. The zero-order chi connectivity index (χ0) is 15.2. The lowest BCUT2D eigenvalue weighted by atomic mass is 10.0. The van der Waals surface area contributed by atoms with Crippen molar-refractivity contribution in [3.8, 4) is 22.6 Å². The van der Waals surface area contributed by atoms with Crippen LogP contribution in [0.3, 0.4) is 0 Å². The van der Waals surface area contributed by atoms with Crippen LogP contribution in [0.2, 0.25) is 0 Å². The maximum atomic E-state index is 5.85. The molecule has 0 amide bonds. The molecule has 3 rings (SSSR count). The Hall–Kier alpha value is -2.74. The minimum absolute atomic E-state index is 0.550. The highest BCUT2D eigenvalue weighted by Crippen LogP contribution is 2.33. The molecule has 0 aliphatic rings. The molecule has 0 bridgehead atoms. The van der Waals surface area contributed by atoms with Crippen LogP contribution in [0.4, 0.5) is 0 Å². The van der Waals surface area contributed by atoms with Crippen molar-refractivity contribution in [2.24, 2.45) is 0 Å². The molecule has 2 heteroatoms. The van der Waals surface area contributed by atoms with Gasteiger partial charge in [-0.15, -0.1) is 0 Å². The smallest absolute Gasteiger partial charge is 0.130 e. The van der Waals surface area contributed by atoms with Crippen molar-refractivity contribution >= 4 is 0 Å². The molecule has 0 N–H and O–H groups in total. The average Bonchev–Trinajstić information content (AvgIpc) is 2.61. The predicted octanol–water partition coefficient (Wildman–Crippen LogP) is 4.94. The van der Waals surface area contributed by atoms with Gasteiger partial charge in [-0.05, 0) is 23.3 Å². The molecule has 0 aromatic heterocycles. The molecule has 0 aliphatic heterocycles. The molecule has 0 saturated carbocycles. The molecule has 110 valence electrons. The summed E-state index contributed by atoms with van der Waals surface area (Å²) in [6.45, 7) is 0.550. The second-order valence-electron chi connectivity index (χ2n) is 5.00. The van der Waals surface area contributed by atoms with Crippen LogP contribution in [0.25, 0.3) is 11.1 Å². The van der Waals surface area contributed by atoms with E-state index in [1.165, 1.54) is 0 Å². The van der Waals surface area contributed by atoms with Gasteiger partial charge in [-0.2, -0.15) is 0 Å². The lowest BCUT2D eigenvalue weighted by Crippen LogP contribution is -1.96. The van der Waals surface area contributed by atoms with Crippen LogP contribution in [-0.2, 0) is 6.61 Å². The highest BCUT2D eigenvalue weighted by atomic mass is 16.5. The molecule has 3 aromatic rings. The van der Waals surface area contributed by atoms with Crippen molar-refractivity contribution in [1.82, 2.24) is 0 Å². The Balaban J connectivity index is 1.80. The molecular formula is C20H18O2. The lowest BCUT2D eigenvalue weighted by Gasteiger charge is -2.12. The van der Waals surface area contributed by atoms with E-state index in [2.05, 4.69) is 24.3 Å².